The standard InChI is InChI=1S/C26H24/c1-18-24(14-13-19-11-12-19)26(20-7-3-2-4-8-20)17-25(18)23-15-21-9-5-6-10-22(21)16-23/h2-10,13-15,19,25H,1,11-12,16-17H2. The highest BCUT2D eigenvalue weighted by Gasteiger charge is 2.32. The summed E-state index contributed by atoms with van der Waals surface area (Å²) in [5.74, 6) is 1.23. The molecule has 0 amide bonds. The molecule has 2 aromatic carbocycles. The fourth-order valence-electron chi connectivity index (χ4n) is 4.35. The van der Waals surface area contributed by atoms with Gasteiger partial charge in [-0.2, -0.15) is 0 Å². The first kappa shape index (κ1) is 15.6. The van der Waals surface area contributed by atoms with Crippen LogP contribution in [0.5, 0.6) is 0 Å². The van der Waals surface area contributed by atoms with Crippen molar-refractivity contribution in [1.82, 2.24) is 0 Å². The molecule has 3 aliphatic carbocycles. The van der Waals surface area contributed by atoms with Gasteiger partial charge in [-0.3, -0.25) is 0 Å². The molecular weight excluding hydrogens is 312 g/mol. The van der Waals surface area contributed by atoms with Crippen molar-refractivity contribution in [2.45, 2.75) is 25.7 Å². The molecule has 0 N–H and O–H groups in total. The highest BCUT2D eigenvalue weighted by atomic mass is 14.4. The Labute approximate surface area is 156 Å². The SMILES string of the molecule is C=C1C(C=CC2CC2)=C(c2ccccc2)CC1C1=Cc2ccccc2C1. The van der Waals surface area contributed by atoms with E-state index < -0.39 is 0 Å². The maximum atomic E-state index is 4.55. The van der Waals surface area contributed by atoms with Crippen molar-refractivity contribution < 1.29 is 0 Å². The monoisotopic (exact) mass is 336 g/mol. The first-order chi connectivity index (χ1) is 12.8. The number of hydrogen-bond donors (Lipinski definition) is 0. The zero-order valence-electron chi connectivity index (χ0n) is 15.1. The highest BCUT2D eigenvalue weighted by Crippen LogP contribution is 2.48. The molecule has 1 unspecified atom stereocenters. The van der Waals surface area contributed by atoms with Gasteiger partial charge >= 0.3 is 0 Å². The van der Waals surface area contributed by atoms with Crippen molar-refractivity contribution >= 4 is 11.6 Å². The lowest BCUT2D eigenvalue weighted by atomic mass is 9.89. The van der Waals surface area contributed by atoms with Gasteiger partial charge < -0.3 is 0 Å². The second-order valence-electron chi connectivity index (χ2n) is 7.83. The van der Waals surface area contributed by atoms with E-state index in [9.17, 15) is 0 Å². The Morgan fingerprint density at radius 3 is 2.46 bits per heavy atom. The van der Waals surface area contributed by atoms with Gasteiger partial charge in [0.2, 0.25) is 0 Å². The van der Waals surface area contributed by atoms with Gasteiger partial charge in [-0.15, -0.1) is 0 Å². The van der Waals surface area contributed by atoms with E-state index in [2.05, 4.69) is 79.4 Å². The zero-order valence-corrected chi connectivity index (χ0v) is 15.1. The predicted octanol–water partition coefficient (Wildman–Crippen LogP) is 6.62. The van der Waals surface area contributed by atoms with Gasteiger partial charge in [-0.05, 0) is 65.0 Å². The maximum absolute atomic E-state index is 4.55. The van der Waals surface area contributed by atoms with Crippen molar-refractivity contribution in [2.75, 3.05) is 0 Å². The van der Waals surface area contributed by atoms with Crippen LogP contribution in [0.1, 0.15) is 36.0 Å². The Kier molecular flexibility index (Phi) is 3.78. The molecule has 5 rings (SSSR count). The highest BCUT2D eigenvalue weighted by molar-refractivity contribution is 5.81. The summed E-state index contributed by atoms with van der Waals surface area (Å²) in [4.78, 5) is 0. The molecule has 0 aromatic heterocycles. The van der Waals surface area contributed by atoms with E-state index in [0.29, 0.717) is 5.92 Å². The Balaban J connectivity index is 1.49. The molecule has 0 aliphatic heterocycles. The minimum atomic E-state index is 0.441. The van der Waals surface area contributed by atoms with Crippen molar-refractivity contribution in [2.24, 2.45) is 11.8 Å². The Morgan fingerprint density at radius 2 is 1.69 bits per heavy atom. The molecule has 0 saturated heterocycles. The van der Waals surface area contributed by atoms with Crippen LogP contribution in [0.15, 0.2) is 90.0 Å². The van der Waals surface area contributed by atoms with Crippen LogP contribution in [0.4, 0.5) is 0 Å². The Hall–Kier alpha value is -2.60. The Bertz CT molecular complexity index is 949. The van der Waals surface area contributed by atoms with Crippen molar-refractivity contribution in [3.8, 4) is 0 Å². The molecule has 2 aromatic rings. The van der Waals surface area contributed by atoms with Crippen LogP contribution in [0.3, 0.4) is 0 Å². The molecule has 1 saturated carbocycles. The van der Waals surface area contributed by atoms with Gasteiger partial charge in [-0.1, -0.05) is 85.0 Å². The third-order valence-corrected chi connectivity index (χ3v) is 6.02. The summed E-state index contributed by atoms with van der Waals surface area (Å²) in [6, 6.07) is 19.7. The molecule has 1 atom stereocenters. The topological polar surface area (TPSA) is 0 Å². The summed E-state index contributed by atoms with van der Waals surface area (Å²) < 4.78 is 0. The lowest BCUT2D eigenvalue weighted by Gasteiger charge is -2.14. The zero-order chi connectivity index (χ0) is 17.5. The summed E-state index contributed by atoms with van der Waals surface area (Å²) in [5.41, 5.74) is 9.87. The van der Waals surface area contributed by atoms with Crippen LogP contribution in [0.2, 0.25) is 0 Å². The van der Waals surface area contributed by atoms with E-state index >= 15 is 0 Å². The molecular formula is C26H24. The van der Waals surface area contributed by atoms with Crippen LogP contribution in [0.25, 0.3) is 11.6 Å². The van der Waals surface area contributed by atoms with Crippen molar-refractivity contribution in [3.63, 3.8) is 0 Å². The summed E-state index contributed by atoms with van der Waals surface area (Å²) in [6.45, 7) is 4.55. The molecule has 3 aliphatic rings. The smallest absolute Gasteiger partial charge is 0.00958 e. The number of hydrogen-bond acceptors (Lipinski definition) is 0. The molecule has 128 valence electrons. The Morgan fingerprint density at radius 1 is 0.923 bits per heavy atom. The van der Waals surface area contributed by atoms with E-state index in [4.69, 9.17) is 0 Å². The summed E-state index contributed by atoms with van der Waals surface area (Å²) in [5, 5.41) is 0. The quantitative estimate of drug-likeness (QED) is 0.588. The van der Waals surface area contributed by atoms with Gasteiger partial charge in [0.15, 0.2) is 0 Å². The first-order valence-electron chi connectivity index (χ1n) is 9.74. The number of benzene rings is 2. The first-order valence-corrected chi connectivity index (χ1v) is 9.74. The number of rotatable bonds is 4. The molecule has 0 spiro atoms. The van der Waals surface area contributed by atoms with Gasteiger partial charge in [0, 0.05) is 5.92 Å². The lowest BCUT2D eigenvalue weighted by molar-refractivity contribution is 0.766. The van der Waals surface area contributed by atoms with E-state index in [1.54, 1.807) is 0 Å². The molecule has 0 radical (unpaired) electrons. The molecule has 0 heterocycles. The minimum Gasteiger partial charge on any atom is -0.0946 e. The van der Waals surface area contributed by atoms with Crippen LogP contribution in [0, 0.1) is 11.8 Å². The van der Waals surface area contributed by atoms with Crippen molar-refractivity contribution in [3.05, 3.63) is 107 Å². The van der Waals surface area contributed by atoms with E-state index in [1.807, 2.05) is 0 Å². The number of fused-ring (bicyclic) bond motifs is 1. The third-order valence-electron chi connectivity index (χ3n) is 6.02. The molecule has 0 nitrogen and oxygen atoms in total. The average molecular weight is 336 g/mol. The molecule has 0 bridgehead atoms. The van der Waals surface area contributed by atoms with Gasteiger partial charge in [-0.25, -0.2) is 0 Å². The van der Waals surface area contributed by atoms with Crippen LogP contribution >= 0.6 is 0 Å². The second-order valence-corrected chi connectivity index (χ2v) is 7.83. The van der Waals surface area contributed by atoms with Crippen molar-refractivity contribution in [1.29, 1.82) is 0 Å². The molecule has 26 heavy (non-hydrogen) atoms. The molecule has 1 fully saturated rings. The normalized spacial score (nSPS) is 22.2. The fourth-order valence-corrected chi connectivity index (χ4v) is 4.35. The summed E-state index contributed by atoms with van der Waals surface area (Å²) in [7, 11) is 0. The predicted molar refractivity (Wildman–Crippen MR) is 111 cm³/mol. The lowest BCUT2D eigenvalue weighted by Crippen LogP contribution is -2.03. The van der Waals surface area contributed by atoms with Crippen LogP contribution in [-0.4, -0.2) is 0 Å². The fraction of sp³-hybridized carbons (Fsp3) is 0.231. The van der Waals surface area contributed by atoms with Gasteiger partial charge in [0.1, 0.15) is 0 Å². The maximum Gasteiger partial charge on any atom is 0.00958 e. The second kappa shape index (κ2) is 6.29. The number of allylic oxidation sites excluding steroid dienone is 6. The largest absolute Gasteiger partial charge is 0.0946 e. The van der Waals surface area contributed by atoms with Crippen LogP contribution < -0.4 is 0 Å². The molecule has 0 heteroatoms. The van der Waals surface area contributed by atoms with Gasteiger partial charge in [0.05, 0.1) is 0 Å². The summed E-state index contributed by atoms with van der Waals surface area (Å²) >= 11 is 0. The van der Waals surface area contributed by atoms with Crippen LogP contribution in [-0.2, 0) is 6.42 Å². The van der Waals surface area contributed by atoms with E-state index in [1.165, 1.54) is 51.8 Å². The average Bonchev–Trinajstić information content (AvgIpc) is 3.31. The van der Waals surface area contributed by atoms with E-state index in [0.717, 1.165) is 18.8 Å². The minimum absolute atomic E-state index is 0.441. The summed E-state index contributed by atoms with van der Waals surface area (Å²) in [6.07, 6.45) is 12.0. The third kappa shape index (κ3) is 2.80. The van der Waals surface area contributed by atoms with E-state index in [-0.39, 0.29) is 0 Å². The van der Waals surface area contributed by atoms with Gasteiger partial charge in [0.25, 0.3) is 0 Å².